The average Bonchev–Trinajstić information content (AvgIpc) is 1.88. The van der Waals surface area contributed by atoms with Gasteiger partial charge in [0.25, 0.3) is 0 Å². The Bertz CT molecular complexity index is 125. The van der Waals surface area contributed by atoms with E-state index in [0.717, 1.165) is 0 Å². The van der Waals surface area contributed by atoms with E-state index in [9.17, 15) is 0 Å². The summed E-state index contributed by atoms with van der Waals surface area (Å²) in [6.07, 6.45) is 0. The molecule has 0 rings (SSSR count). The standard InChI is InChI=1S/C6H15N.3H3N.H3O4P/c1-4-7(5-2)6-3;;;;1-5(2,3)4/h4-6H2,1-3H3;3*1H3;(H3,1,2,3,4). The van der Waals surface area contributed by atoms with Gasteiger partial charge in [0.1, 0.15) is 0 Å². The molecule has 0 heterocycles. The molecule has 0 bridgehead atoms. The van der Waals surface area contributed by atoms with Crippen molar-refractivity contribution in [2.45, 2.75) is 20.8 Å². The third-order valence-electron chi connectivity index (χ3n) is 1.34. The molecule has 9 heteroatoms. The minimum Gasteiger partial charge on any atom is -0.822 e. The van der Waals surface area contributed by atoms with Crippen LogP contribution in [0.1, 0.15) is 20.8 Å². The number of phosphoric acid groups is 1. The molecule has 0 spiro atoms. The van der Waals surface area contributed by atoms with Gasteiger partial charge in [-0.3, -0.25) is 0 Å². The van der Waals surface area contributed by atoms with Crippen LogP contribution < -0.4 is 33.1 Å². The fourth-order valence-electron chi connectivity index (χ4n) is 0.671. The lowest BCUT2D eigenvalue weighted by molar-refractivity contribution is -0.432. The molecule has 0 atom stereocenters. The van der Waals surface area contributed by atoms with E-state index in [-0.39, 0.29) is 18.5 Å². The van der Waals surface area contributed by atoms with E-state index in [1.807, 2.05) is 0 Å². The average molecular weight is 250 g/mol. The lowest BCUT2D eigenvalue weighted by atomic mass is 10.5. The molecule has 0 aliphatic heterocycles. The second-order valence-corrected chi connectivity index (χ2v) is 2.96. The van der Waals surface area contributed by atoms with Crippen molar-refractivity contribution in [2.24, 2.45) is 0 Å². The first kappa shape index (κ1) is 29.4. The van der Waals surface area contributed by atoms with Crippen LogP contribution >= 0.6 is 7.82 Å². The Morgan fingerprint density at radius 2 is 1.00 bits per heavy atom. The Labute approximate surface area is 91.7 Å². The molecular formula is C6H27N4O4P. The zero-order chi connectivity index (χ0) is 10.2. The Balaban J connectivity index is -0.0000000383. The summed E-state index contributed by atoms with van der Waals surface area (Å²) in [5.74, 6) is 0. The Kier molecular flexibility index (Phi) is 32.1. The van der Waals surface area contributed by atoms with E-state index >= 15 is 0 Å². The highest BCUT2D eigenvalue weighted by molar-refractivity contribution is 7.40. The molecule has 0 aliphatic carbocycles. The van der Waals surface area contributed by atoms with Crippen LogP contribution in [0.25, 0.3) is 0 Å². The summed E-state index contributed by atoms with van der Waals surface area (Å²) in [5, 5.41) is 0. The van der Waals surface area contributed by atoms with Gasteiger partial charge in [0.2, 0.25) is 0 Å². The van der Waals surface area contributed by atoms with Gasteiger partial charge >= 0.3 is 0 Å². The van der Waals surface area contributed by atoms with Crippen molar-refractivity contribution >= 4 is 7.82 Å². The lowest BCUT2D eigenvalue weighted by Gasteiger charge is -2.36. The zero-order valence-electron chi connectivity index (χ0n) is 10.6. The first-order valence-electron chi connectivity index (χ1n) is 3.80. The molecule has 0 aliphatic rings. The summed E-state index contributed by atoms with van der Waals surface area (Å²) >= 11 is 0. The summed E-state index contributed by atoms with van der Waals surface area (Å²) in [6.45, 7) is 10.1. The summed E-state index contributed by atoms with van der Waals surface area (Å²) in [4.78, 5) is 28.0. The molecule has 15 heavy (non-hydrogen) atoms. The highest BCUT2D eigenvalue weighted by Gasteiger charge is 1.89. The number of hydrogen-bond acceptors (Lipinski definition) is 5. The Morgan fingerprint density at radius 1 is 0.867 bits per heavy atom. The summed E-state index contributed by atoms with van der Waals surface area (Å²) in [5.41, 5.74) is 0. The highest BCUT2D eigenvalue weighted by Crippen LogP contribution is 2.03. The van der Waals surface area contributed by atoms with Crippen molar-refractivity contribution in [1.82, 2.24) is 23.4 Å². The summed E-state index contributed by atoms with van der Waals surface area (Å²) < 4.78 is 8.55. The van der Waals surface area contributed by atoms with Crippen LogP contribution in [0.4, 0.5) is 0 Å². The quantitative estimate of drug-likeness (QED) is 0.573. The van der Waals surface area contributed by atoms with Crippen molar-refractivity contribution in [3.63, 3.8) is 0 Å². The molecular weight excluding hydrogens is 223 g/mol. The zero-order valence-corrected chi connectivity index (χ0v) is 11.5. The van der Waals surface area contributed by atoms with Gasteiger partial charge in [-0.25, -0.2) is 0 Å². The first-order chi connectivity index (χ1) is 5.35. The maximum absolute atomic E-state index is 8.55. The van der Waals surface area contributed by atoms with E-state index in [4.69, 9.17) is 19.2 Å². The third-order valence-corrected chi connectivity index (χ3v) is 1.34. The molecule has 12 N–H and O–H groups in total. The van der Waals surface area contributed by atoms with Crippen molar-refractivity contribution in [3.8, 4) is 0 Å². The van der Waals surface area contributed by atoms with Crippen LogP contribution in [0, 0.1) is 0 Å². The Morgan fingerprint density at radius 3 is 1.00 bits per heavy atom. The van der Waals surface area contributed by atoms with Crippen LogP contribution in [0.3, 0.4) is 0 Å². The van der Waals surface area contributed by atoms with Crippen LogP contribution in [0.2, 0.25) is 0 Å². The fourth-order valence-corrected chi connectivity index (χ4v) is 0.671. The molecule has 0 aromatic rings. The SMILES string of the molecule is CCN(CC)CC.O=P([O-])([O-])[O-].[NH4+].[NH4+].[NH4+]. The highest BCUT2D eigenvalue weighted by atomic mass is 31.2. The lowest BCUT2D eigenvalue weighted by Crippen LogP contribution is -2.24. The largest absolute Gasteiger partial charge is 0.822 e. The number of nitrogens with zero attached hydrogens (tertiary/aromatic N) is 1. The molecule has 0 aromatic carbocycles. The maximum atomic E-state index is 8.55. The number of quaternary nitrogens is 3. The maximum Gasteiger partial charge on any atom is -0.00474 e. The van der Waals surface area contributed by atoms with Crippen molar-refractivity contribution < 1.29 is 19.2 Å². The predicted octanol–water partition coefficient (Wildman–Crippen LogP) is -0.348. The van der Waals surface area contributed by atoms with E-state index in [1.54, 1.807) is 0 Å². The van der Waals surface area contributed by atoms with Crippen molar-refractivity contribution in [1.29, 1.82) is 0 Å². The van der Waals surface area contributed by atoms with Gasteiger partial charge in [-0.05, 0) is 19.6 Å². The molecule has 8 nitrogen and oxygen atoms in total. The molecule has 0 saturated carbocycles. The molecule has 0 saturated heterocycles. The minimum atomic E-state index is -5.39. The van der Waals surface area contributed by atoms with E-state index < -0.39 is 7.82 Å². The van der Waals surface area contributed by atoms with E-state index in [1.165, 1.54) is 19.6 Å². The van der Waals surface area contributed by atoms with Gasteiger partial charge < -0.3 is 42.6 Å². The summed E-state index contributed by atoms with van der Waals surface area (Å²) in [6, 6.07) is 0. The van der Waals surface area contributed by atoms with Crippen LogP contribution in [-0.4, -0.2) is 24.5 Å². The number of rotatable bonds is 3. The van der Waals surface area contributed by atoms with E-state index in [0.29, 0.717) is 0 Å². The fraction of sp³-hybridized carbons (Fsp3) is 1.00. The topological polar surface area (TPSA) is 199 Å². The van der Waals surface area contributed by atoms with Crippen LogP contribution in [-0.2, 0) is 4.57 Å². The third kappa shape index (κ3) is 56.3. The molecule has 0 fully saturated rings. The van der Waals surface area contributed by atoms with E-state index in [2.05, 4.69) is 25.7 Å². The van der Waals surface area contributed by atoms with Gasteiger partial charge in [-0.15, -0.1) is 0 Å². The van der Waals surface area contributed by atoms with Crippen LogP contribution in [0.5, 0.6) is 0 Å². The van der Waals surface area contributed by atoms with Gasteiger partial charge in [-0.2, -0.15) is 7.82 Å². The first-order valence-corrected chi connectivity index (χ1v) is 5.26. The van der Waals surface area contributed by atoms with Crippen molar-refractivity contribution in [2.75, 3.05) is 19.6 Å². The Hall–Kier alpha value is -0.0500. The predicted molar refractivity (Wildman–Crippen MR) is 59.0 cm³/mol. The molecule has 0 radical (unpaired) electrons. The van der Waals surface area contributed by atoms with Crippen molar-refractivity contribution in [3.05, 3.63) is 0 Å². The monoisotopic (exact) mass is 250 g/mol. The molecule has 100 valence electrons. The molecule has 0 aromatic heterocycles. The second-order valence-electron chi connectivity index (χ2n) is 2.07. The van der Waals surface area contributed by atoms with Crippen LogP contribution in [0.15, 0.2) is 0 Å². The second kappa shape index (κ2) is 16.4. The number of hydrogen-bond donors (Lipinski definition) is 3. The smallest absolute Gasteiger partial charge is 0.00474 e. The normalized spacial score (nSPS) is 8.73. The molecule has 0 amide bonds. The van der Waals surface area contributed by atoms with Gasteiger partial charge in [0, 0.05) is 0 Å². The molecule has 0 unspecified atom stereocenters. The van der Waals surface area contributed by atoms with Gasteiger partial charge in [-0.1, -0.05) is 20.8 Å². The summed E-state index contributed by atoms with van der Waals surface area (Å²) in [7, 11) is -5.39. The minimum absolute atomic E-state index is 0. The van der Waals surface area contributed by atoms with Gasteiger partial charge in [0.05, 0.1) is 0 Å². The van der Waals surface area contributed by atoms with Gasteiger partial charge in [0.15, 0.2) is 0 Å².